The summed E-state index contributed by atoms with van der Waals surface area (Å²) in [5, 5.41) is 21.3. The summed E-state index contributed by atoms with van der Waals surface area (Å²) in [4.78, 5) is 25.5. The summed E-state index contributed by atoms with van der Waals surface area (Å²) in [5.41, 5.74) is 5.93. The number of aliphatic hydroxyl groups excluding tert-OH is 1. The number of hydrogen-bond acceptors (Lipinski definition) is 6. The van der Waals surface area contributed by atoms with Crippen molar-refractivity contribution in [2.75, 3.05) is 13.1 Å². The number of nitrogens with one attached hydrogen (secondary N) is 1. The highest BCUT2D eigenvalue weighted by molar-refractivity contribution is 5.76. The fraction of sp³-hybridized carbons (Fsp3) is 0.436. The number of benzene rings is 3. The molecule has 1 heterocycles. The normalized spacial score (nSPS) is 19.9. The Bertz CT molecular complexity index is 1470. The molecule has 0 unspecified atom stereocenters. The summed E-state index contributed by atoms with van der Waals surface area (Å²) in [6.45, 7) is 6.09. The van der Waals surface area contributed by atoms with Crippen molar-refractivity contribution in [3.8, 4) is 11.1 Å². The van der Waals surface area contributed by atoms with Gasteiger partial charge in [-0.2, -0.15) is 0 Å². The molecular formula is C39H48N2O6. The van der Waals surface area contributed by atoms with Crippen LogP contribution in [0.5, 0.6) is 0 Å². The van der Waals surface area contributed by atoms with Crippen LogP contribution < -0.4 is 5.32 Å². The summed E-state index contributed by atoms with van der Waals surface area (Å²) in [5.74, 6) is -0.917. The minimum Gasteiger partial charge on any atom is -0.481 e. The zero-order valence-electron chi connectivity index (χ0n) is 27.2. The molecule has 3 aromatic rings. The highest BCUT2D eigenvalue weighted by Crippen LogP contribution is 2.39. The van der Waals surface area contributed by atoms with E-state index in [1.54, 1.807) is 0 Å². The summed E-state index contributed by atoms with van der Waals surface area (Å²) < 4.78 is 13.4. The van der Waals surface area contributed by atoms with Gasteiger partial charge in [-0.05, 0) is 65.6 Å². The van der Waals surface area contributed by atoms with Crippen LogP contribution >= 0.6 is 0 Å². The molecule has 1 saturated carbocycles. The smallest absolute Gasteiger partial charge is 0.303 e. The average Bonchev–Trinajstić information content (AvgIpc) is 3.64. The van der Waals surface area contributed by atoms with Crippen LogP contribution in [-0.4, -0.2) is 52.2 Å². The second-order valence-electron chi connectivity index (χ2n) is 12.7. The number of nitrogens with zero attached hydrogens (tertiary/aromatic N) is 1. The number of unbranched alkanes of at least 4 members (excludes halogenated alkanes) is 1. The number of aliphatic hydroxyl groups is 1. The molecule has 0 bridgehead atoms. The number of carbonyl (C=O) groups is 2. The van der Waals surface area contributed by atoms with E-state index in [0.29, 0.717) is 31.8 Å². The summed E-state index contributed by atoms with van der Waals surface area (Å²) >= 11 is 0. The van der Waals surface area contributed by atoms with Crippen LogP contribution in [0.25, 0.3) is 11.1 Å². The molecule has 2 aliphatic rings. The average molecular weight is 641 g/mol. The van der Waals surface area contributed by atoms with E-state index in [2.05, 4.69) is 47.1 Å². The first-order valence-corrected chi connectivity index (χ1v) is 16.9. The van der Waals surface area contributed by atoms with Gasteiger partial charge in [0.05, 0.1) is 18.8 Å². The number of amides is 1. The maximum absolute atomic E-state index is 12.3. The lowest BCUT2D eigenvalue weighted by molar-refractivity contribution is -0.253. The van der Waals surface area contributed by atoms with Crippen LogP contribution in [0.4, 0.5) is 0 Å². The summed E-state index contributed by atoms with van der Waals surface area (Å²) in [6.07, 6.45) is 8.41. The maximum Gasteiger partial charge on any atom is 0.303 e. The van der Waals surface area contributed by atoms with Crippen molar-refractivity contribution < 1.29 is 29.3 Å². The molecule has 47 heavy (non-hydrogen) atoms. The minimum absolute atomic E-state index is 0.00697. The standard InChI is InChI=1S/C39H48N2O6/c1-2-21-41(34-13-3-4-14-34)26-35-24-36(30-19-17-28(27-42)18-20-30)47-39(46-35)33-12-8-11-32(23-33)31-10-7-9-29(22-31)25-40-37(43)15-5-6-16-38(44)45/h2,7-12,17-20,22-23,34-36,39,42H,1,3-6,13-16,21,24-27H2,(H,40,43)(H,44,45)/t35-,36+,39+/m0/s1. The molecule has 0 aromatic heterocycles. The molecule has 3 atom stereocenters. The molecule has 3 aromatic carbocycles. The van der Waals surface area contributed by atoms with E-state index < -0.39 is 12.3 Å². The van der Waals surface area contributed by atoms with Crippen LogP contribution in [0.2, 0.25) is 0 Å². The molecule has 8 heteroatoms. The van der Waals surface area contributed by atoms with Gasteiger partial charge < -0.3 is 25.0 Å². The molecule has 2 fully saturated rings. The van der Waals surface area contributed by atoms with E-state index in [-0.39, 0.29) is 31.1 Å². The van der Waals surface area contributed by atoms with E-state index >= 15 is 0 Å². The number of ether oxygens (including phenoxy) is 2. The molecule has 1 aliphatic heterocycles. The van der Waals surface area contributed by atoms with Crippen molar-refractivity contribution in [3.63, 3.8) is 0 Å². The monoisotopic (exact) mass is 640 g/mol. The molecule has 5 rings (SSSR count). The number of carbonyl (C=O) groups excluding carboxylic acids is 1. The summed E-state index contributed by atoms with van der Waals surface area (Å²) in [6, 6.07) is 24.9. The Labute approximate surface area is 278 Å². The third kappa shape index (κ3) is 10.1. The van der Waals surface area contributed by atoms with Crippen molar-refractivity contribution in [1.29, 1.82) is 0 Å². The Morgan fingerprint density at radius 3 is 2.34 bits per heavy atom. The van der Waals surface area contributed by atoms with Crippen molar-refractivity contribution >= 4 is 11.9 Å². The number of rotatable bonds is 16. The Morgan fingerprint density at radius 2 is 1.62 bits per heavy atom. The predicted molar refractivity (Wildman–Crippen MR) is 182 cm³/mol. The summed E-state index contributed by atoms with van der Waals surface area (Å²) in [7, 11) is 0. The lowest BCUT2D eigenvalue weighted by atomic mass is 9.98. The molecule has 0 spiro atoms. The van der Waals surface area contributed by atoms with Crippen LogP contribution in [-0.2, 0) is 32.2 Å². The number of aliphatic carboxylic acids is 1. The van der Waals surface area contributed by atoms with Gasteiger partial charge in [0.2, 0.25) is 5.91 Å². The van der Waals surface area contributed by atoms with Gasteiger partial charge in [0.25, 0.3) is 0 Å². The lowest BCUT2D eigenvalue weighted by Gasteiger charge is -2.39. The van der Waals surface area contributed by atoms with Gasteiger partial charge in [0, 0.05) is 50.5 Å². The molecule has 1 aliphatic carbocycles. The lowest BCUT2D eigenvalue weighted by Crippen LogP contribution is -2.43. The first kappa shape index (κ1) is 34.5. The van der Waals surface area contributed by atoms with Crippen molar-refractivity contribution in [2.24, 2.45) is 0 Å². The molecule has 3 N–H and O–H groups in total. The fourth-order valence-electron chi connectivity index (χ4n) is 6.68. The van der Waals surface area contributed by atoms with Crippen LogP contribution in [0.1, 0.15) is 92.4 Å². The first-order chi connectivity index (χ1) is 22.9. The SMILES string of the molecule is C=CCN(C[C@@H]1C[C@H](c2ccc(CO)cc2)O[C@H](c2cccc(-c3cccc(CNC(=O)CCCCC(=O)O)c3)c2)O1)C1CCCC1. The Morgan fingerprint density at radius 1 is 0.894 bits per heavy atom. The second kappa shape index (κ2) is 17.4. The second-order valence-corrected chi connectivity index (χ2v) is 12.7. The predicted octanol–water partition coefficient (Wildman–Crippen LogP) is 7.08. The molecule has 250 valence electrons. The Balaban J connectivity index is 1.30. The van der Waals surface area contributed by atoms with Gasteiger partial charge in [-0.1, -0.05) is 79.6 Å². The van der Waals surface area contributed by atoms with E-state index in [0.717, 1.165) is 52.9 Å². The molecule has 1 amide bonds. The third-order valence-electron chi connectivity index (χ3n) is 9.21. The van der Waals surface area contributed by atoms with Crippen LogP contribution in [0.3, 0.4) is 0 Å². The van der Waals surface area contributed by atoms with Gasteiger partial charge in [-0.15, -0.1) is 6.58 Å². The number of carboxylic acids is 1. The van der Waals surface area contributed by atoms with E-state index in [1.165, 1.54) is 25.7 Å². The topological polar surface area (TPSA) is 108 Å². The quantitative estimate of drug-likeness (QED) is 0.113. The zero-order chi connectivity index (χ0) is 33.0. The highest BCUT2D eigenvalue weighted by atomic mass is 16.7. The van der Waals surface area contributed by atoms with Crippen LogP contribution in [0, 0.1) is 0 Å². The fourth-order valence-corrected chi connectivity index (χ4v) is 6.68. The van der Waals surface area contributed by atoms with Crippen LogP contribution in [0.15, 0.2) is 85.5 Å². The van der Waals surface area contributed by atoms with Crippen molar-refractivity contribution in [1.82, 2.24) is 10.2 Å². The maximum atomic E-state index is 12.3. The van der Waals surface area contributed by atoms with Gasteiger partial charge in [0.1, 0.15) is 0 Å². The Kier molecular flexibility index (Phi) is 12.8. The molecule has 1 saturated heterocycles. The van der Waals surface area contributed by atoms with E-state index in [4.69, 9.17) is 14.6 Å². The third-order valence-corrected chi connectivity index (χ3v) is 9.21. The van der Waals surface area contributed by atoms with Gasteiger partial charge in [-0.25, -0.2) is 0 Å². The Hall–Kier alpha value is -3.82. The van der Waals surface area contributed by atoms with Crippen molar-refractivity contribution in [2.45, 2.75) is 95.5 Å². The number of hydrogen-bond donors (Lipinski definition) is 3. The van der Waals surface area contributed by atoms with Gasteiger partial charge in [-0.3, -0.25) is 14.5 Å². The minimum atomic E-state index is -0.837. The zero-order valence-corrected chi connectivity index (χ0v) is 27.2. The first-order valence-electron chi connectivity index (χ1n) is 16.9. The molecular weight excluding hydrogens is 592 g/mol. The van der Waals surface area contributed by atoms with E-state index in [9.17, 15) is 14.7 Å². The van der Waals surface area contributed by atoms with Crippen molar-refractivity contribution in [3.05, 3.63) is 108 Å². The van der Waals surface area contributed by atoms with Gasteiger partial charge in [0.15, 0.2) is 6.29 Å². The highest BCUT2D eigenvalue weighted by Gasteiger charge is 2.34. The number of carboxylic acid groups (broad SMARTS) is 1. The van der Waals surface area contributed by atoms with E-state index in [1.807, 2.05) is 48.5 Å². The molecule has 8 nitrogen and oxygen atoms in total. The largest absolute Gasteiger partial charge is 0.481 e. The van der Waals surface area contributed by atoms with Gasteiger partial charge >= 0.3 is 5.97 Å². The molecule has 0 radical (unpaired) electrons.